The third-order valence-electron chi connectivity index (χ3n) is 6.47. The SMILES string of the molecule is N#Cc1cc(F)cc(C(=O)NC23CC4CC(C2)CC(n2ncnn2)(C4)C3)c1. The van der Waals surface area contributed by atoms with Crippen LogP contribution in [0.4, 0.5) is 4.39 Å². The standard InChI is InChI=1S/C19H19FN6O/c20-16-3-12(9-21)2-15(4-16)17(27)24-18-5-13-1-14(6-18)8-19(7-13,10-18)26-23-11-22-25-26/h2-4,11,13-14H,1,5-8,10H2,(H,24,27). The Labute approximate surface area is 155 Å². The van der Waals surface area contributed by atoms with Crippen molar-refractivity contribution in [1.29, 1.82) is 5.26 Å². The van der Waals surface area contributed by atoms with E-state index in [2.05, 4.69) is 20.7 Å². The average Bonchev–Trinajstić information content (AvgIpc) is 3.15. The van der Waals surface area contributed by atoms with E-state index in [1.54, 1.807) is 4.80 Å². The molecule has 1 aromatic carbocycles. The van der Waals surface area contributed by atoms with Gasteiger partial charge in [-0.15, -0.1) is 10.2 Å². The van der Waals surface area contributed by atoms with Crippen molar-refractivity contribution < 1.29 is 9.18 Å². The quantitative estimate of drug-likeness (QED) is 0.898. The van der Waals surface area contributed by atoms with Gasteiger partial charge in [0.15, 0.2) is 6.33 Å². The fraction of sp³-hybridized carbons (Fsp3) is 0.526. The maximum Gasteiger partial charge on any atom is 0.251 e. The first-order valence-electron chi connectivity index (χ1n) is 9.26. The van der Waals surface area contributed by atoms with Crippen LogP contribution in [0.5, 0.6) is 0 Å². The van der Waals surface area contributed by atoms with E-state index in [0.717, 1.165) is 38.2 Å². The minimum Gasteiger partial charge on any atom is -0.346 e. The van der Waals surface area contributed by atoms with E-state index in [-0.39, 0.29) is 28.1 Å². The number of aromatic nitrogens is 4. The van der Waals surface area contributed by atoms with Gasteiger partial charge in [-0.2, -0.15) is 10.1 Å². The average molecular weight is 366 g/mol. The number of nitrogens with zero attached hydrogens (tertiary/aromatic N) is 5. The molecule has 1 heterocycles. The number of carbonyl (C=O) groups is 1. The van der Waals surface area contributed by atoms with Crippen LogP contribution in [0.15, 0.2) is 24.5 Å². The summed E-state index contributed by atoms with van der Waals surface area (Å²) in [6, 6.07) is 5.66. The number of nitriles is 1. The summed E-state index contributed by atoms with van der Waals surface area (Å²) >= 11 is 0. The molecule has 1 aromatic heterocycles. The molecule has 7 nitrogen and oxygen atoms in total. The minimum absolute atomic E-state index is 0.147. The highest BCUT2D eigenvalue weighted by Gasteiger charge is 2.60. The molecule has 4 bridgehead atoms. The van der Waals surface area contributed by atoms with Gasteiger partial charge in [0.2, 0.25) is 0 Å². The van der Waals surface area contributed by atoms with Gasteiger partial charge in [0.25, 0.3) is 5.91 Å². The van der Waals surface area contributed by atoms with E-state index >= 15 is 0 Å². The van der Waals surface area contributed by atoms with Gasteiger partial charge in [0.1, 0.15) is 5.82 Å². The summed E-state index contributed by atoms with van der Waals surface area (Å²) < 4.78 is 13.8. The van der Waals surface area contributed by atoms with Crippen LogP contribution < -0.4 is 5.32 Å². The van der Waals surface area contributed by atoms with Crippen molar-refractivity contribution in [2.45, 2.75) is 49.6 Å². The maximum atomic E-state index is 13.8. The lowest BCUT2D eigenvalue weighted by atomic mass is 9.50. The number of rotatable bonds is 3. The van der Waals surface area contributed by atoms with Gasteiger partial charge < -0.3 is 5.32 Å². The van der Waals surface area contributed by atoms with Crippen molar-refractivity contribution in [1.82, 2.24) is 25.5 Å². The van der Waals surface area contributed by atoms with Gasteiger partial charge >= 0.3 is 0 Å². The molecule has 138 valence electrons. The Morgan fingerprint density at radius 3 is 2.70 bits per heavy atom. The van der Waals surface area contributed by atoms with Gasteiger partial charge in [-0.05, 0) is 73.8 Å². The number of hydrogen-bond donors (Lipinski definition) is 1. The number of hydrogen-bond acceptors (Lipinski definition) is 5. The van der Waals surface area contributed by atoms with Crippen LogP contribution in [-0.2, 0) is 5.54 Å². The fourth-order valence-corrected chi connectivity index (χ4v) is 6.08. The predicted octanol–water partition coefficient (Wildman–Crippen LogP) is 2.16. The van der Waals surface area contributed by atoms with Gasteiger partial charge in [-0.25, -0.2) is 4.39 Å². The Bertz CT molecular complexity index is 936. The van der Waals surface area contributed by atoms with Crippen LogP contribution >= 0.6 is 0 Å². The number of tetrazole rings is 1. The second kappa shape index (κ2) is 5.59. The molecule has 4 fully saturated rings. The van der Waals surface area contributed by atoms with Crippen LogP contribution in [0.3, 0.4) is 0 Å². The largest absolute Gasteiger partial charge is 0.346 e. The lowest BCUT2D eigenvalue weighted by Gasteiger charge is -2.61. The molecule has 4 saturated carbocycles. The van der Waals surface area contributed by atoms with Crippen LogP contribution in [0.1, 0.15) is 54.4 Å². The zero-order chi connectivity index (χ0) is 18.6. The van der Waals surface area contributed by atoms with Gasteiger partial charge in [0, 0.05) is 11.1 Å². The lowest BCUT2D eigenvalue weighted by molar-refractivity contribution is -0.0810. The third-order valence-corrected chi connectivity index (χ3v) is 6.47. The summed E-state index contributed by atoms with van der Waals surface area (Å²) in [6.45, 7) is 0. The Hall–Kier alpha value is -2.82. The Morgan fingerprint density at radius 1 is 1.26 bits per heavy atom. The molecular formula is C19H19FN6O. The van der Waals surface area contributed by atoms with E-state index in [0.29, 0.717) is 11.8 Å². The van der Waals surface area contributed by atoms with E-state index in [9.17, 15) is 9.18 Å². The first-order chi connectivity index (χ1) is 13.0. The third kappa shape index (κ3) is 2.60. The first-order valence-corrected chi connectivity index (χ1v) is 9.26. The number of amides is 1. The van der Waals surface area contributed by atoms with E-state index in [4.69, 9.17) is 5.26 Å². The van der Waals surface area contributed by atoms with Crippen molar-refractivity contribution >= 4 is 5.91 Å². The monoisotopic (exact) mass is 366 g/mol. The number of carbonyl (C=O) groups excluding carboxylic acids is 1. The van der Waals surface area contributed by atoms with Crippen molar-refractivity contribution in [2.24, 2.45) is 11.8 Å². The molecule has 1 amide bonds. The zero-order valence-electron chi connectivity index (χ0n) is 14.7. The summed E-state index contributed by atoms with van der Waals surface area (Å²) in [4.78, 5) is 14.6. The fourth-order valence-electron chi connectivity index (χ4n) is 6.08. The second-order valence-corrected chi connectivity index (χ2v) is 8.49. The first kappa shape index (κ1) is 16.4. The molecule has 4 aliphatic carbocycles. The molecular weight excluding hydrogens is 347 g/mol. The topological polar surface area (TPSA) is 96.5 Å². The smallest absolute Gasteiger partial charge is 0.251 e. The summed E-state index contributed by atoms with van der Waals surface area (Å²) in [5.41, 5.74) is -0.203. The van der Waals surface area contributed by atoms with Crippen LogP contribution in [0.2, 0.25) is 0 Å². The maximum absolute atomic E-state index is 13.8. The van der Waals surface area contributed by atoms with Crippen molar-refractivity contribution in [3.63, 3.8) is 0 Å². The molecule has 6 rings (SSSR count). The summed E-state index contributed by atoms with van der Waals surface area (Å²) in [7, 11) is 0. The molecule has 2 atom stereocenters. The van der Waals surface area contributed by atoms with E-state index in [1.165, 1.54) is 24.9 Å². The van der Waals surface area contributed by atoms with Crippen LogP contribution in [0, 0.1) is 29.0 Å². The summed E-state index contributed by atoms with van der Waals surface area (Å²) in [6.07, 6.45) is 7.26. The highest BCUT2D eigenvalue weighted by Crippen LogP contribution is 2.60. The predicted molar refractivity (Wildman–Crippen MR) is 91.8 cm³/mol. The highest BCUT2D eigenvalue weighted by molar-refractivity contribution is 5.95. The lowest BCUT2D eigenvalue weighted by Crippen LogP contribution is -2.66. The van der Waals surface area contributed by atoms with E-state index in [1.807, 2.05) is 6.07 Å². The zero-order valence-corrected chi connectivity index (χ0v) is 14.7. The molecule has 2 aromatic rings. The van der Waals surface area contributed by atoms with Crippen molar-refractivity contribution in [3.05, 3.63) is 41.5 Å². The Morgan fingerprint density at radius 2 is 2.04 bits per heavy atom. The Balaban J connectivity index is 1.46. The van der Waals surface area contributed by atoms with E-state index < -0.39 is 5.82 Å². The van der Waals surface area contributed by atoms with Crippen molar-refractivity contribution in [2.75, 3.05) is 0 Å². The normalized spacial score (nSPS) is 33.6. The van der Waals surface area contributed by atoms with Gasteiger partial charge in [-0.3, -0.25) is 4.79 Å². The van der Waals surface area contributed by atoms with Crippen molar-refractivity contribution in [3.8, 4) is 6.07 Å². The molecule has 2 unspecified atom stereocenters. The summed E-state index contributed by atoms with van der Waals surface area (Å²) in [5.74, 6) is 0.127. The Kier molecular flexibility index (Phi) is 3.39. The van der Waals surface area contributed by atoms with Gasteiger partial charge in [-0.1, -0.05) is 0 Å². The molecule has 8 heteroatoms. The molecule has 0 radical (unpaired) electrons. The number of benzene rings is 1. The molecule has 4 aliphatic rings. The van der Waals surface area contributed by atoms with Gasteiger partial charge in [0.05, 0.1) is 17.2 Å². The number of nitrogens with one attached hydrogen (secondary N) is 1. The molecule has 27 heavy (non-hydrogen) atoms. The number of halogens is 1. The molecule has 0 saturated heterocycles. The molecule has 1 N–H and O–H groups in total. The van der Waals surface area contributed by atoms with Crippen LogP contribution in [-0.4, -0.2) is 31.7 Å². The highest BCUT2D eigenvalue weighted by atomic mass is 19.1. The molecule has 0 aliphatic heterocycles. The molecule has 0 spiro atoms. The summed E-state index contributed by atoms with van der Waals surface area (Å²) in [5, 5.41) is 24.6. The second-order valence-electron chi connectivity index (χ2n) is 8.49. The van der Waals surface area contributed by atoms with Crippen LogP contribution in [0.25, 0.3) is 0 Å². The minimum atomic E-state index is -0.576.